The van der Waals surface area contributed by atoms with Gasteiger partial charge in [-0.1, -0.05) is 0 Å². The zero-order chi connectivity index (χ0) is 13.9. The van der Waals surface area contributed by atoms with E-state index in [9.17, 15) is 13.6 Å². The molecule has 0 fully saturated rings. The Kier molecular flexibility index (Phi) is 4.50. The Morgan fingerprint density at radius 2 is 2.37 bits per heavy atom. The summed E-state index contributed by atoms with van der Waals surface area (Å²) >= 11 is -1.33. The minimum atomic E-state index is -2.87. The summed E-state index contributed by atoms with van der Waals surface area (Å²) in [5.41, 5.74) is 1.10. The van der Waals surface area contributed by atoms with Crippen molar-refractivity contribution in [3.8, 4) is 0 Å². The van der Waals surface area contributed by atoms with Crippen molar-refractivity contribution in [3.63, 3.8) is 0 Å². The van der Waals surface area contributed by atoms with E-state index in [-0.39, 0.29) is 9.58 Å². The maximum absolute atomic E-state index is 12.7. The third kappa shape index (κ3) is 4.23. The van der Waals surface area contributed by atoms with E-state index >= 15 is 0 Å². The second kappa shape index (κ2) is 5.94. The van der Waals surface area contributed by atoms with Gasteiger partial charge < -0.3 is 0 Å². The molecule has 2 heterocycles. The number of rotatable bonds is 4. The molecular weight excluding hydrogens is 353 g/mol. The van der Waals surface area contributed by atoms with Crippen molar-refractivity contribution >= 4 is 31.6 Å². The fraction of sp³-hybridized carbons (Fsp3) is 0.308. The molecule has 0 aromatic carbocycles. The van der Waals surface area contributed by atoms with E-state index in [1.165, 1.54) is 0 Å². The first-order valence-electron chi connectivity index (χ1n) is 5.92. The summed E-state index contributed by atoms with van der Waals surface area (Å²) in [6.07, 6.45) is 7.26. The molecule has 0 saturated carbocycles. The predicted molar refractivity (Wildman–Crippen MR) is 70.5 cm³/mol. The van der Waals surface area contributed by atoms with Gasteiger partial charge in [0.15, 0.2) is 0 Å². The SMILES string of the molecule is CC(F)(F)CNC(=O)[C]1=[In][CH](c2cccnc2)C=C1. The third-order valence-electron chi connectivity index (χ3n) is 2.73. The molecule has 2 rings (SSSR count). The summed E-state index contributed by atoms with van der Waals surface area (Å²) in [6, 6.07) is 3.84. The number of carbonyl (C=O) groups is 1. The Hall–Kier alpha value is -1.04. The first kappa shape index (κ1) is 14.4. The van der Waals surface area contributed by atoms with E-state index in [1.807, 2.05) is 18.2 Å². The number of aromatic nitrogens is 1. The zero-order valence-corrected chi connectivity index (χ0v) is 13.7. The Labute approximate surface area is 121 Å². The van der Waals surface area contributed by atoms with Crippen LogP contribution in [0.4, 0.5) is 8.78 Å². The fourth-order valence-electron chi connectivity index (χ4n) is 1.78. The van der Waals surface area contributed by atoms with E-state index in [0.717, 1.165) is 12.5 Å². The second-order valence-corrected chi connectivity index (χ2v) is 9.32. The van der Waals surface area contributed by atoms with Gasteiger partial charge >= 0.3 is 121 Å². The molecule has 1 amide bonds. The number of alkyl halides is 2. The molecule has 1 aromatic heterocycles. The monoisotopic (exact) mass is 366 g/mol. The van der Waals surface area contributed by atoms with Crippen LogP contribution in [0.2, 0.25) is 0 Å². The fourth-order valence-corrected chi connectivity index (χ4v) is 5.99. The molecule has 1 aliphatic rings. The quantitative estimate of drug-likeness (QED) is 0.874. The van der Waals surface area contributed by atoms with Crippen molar-refractivity contribution in [1.82, 2.24) is 10.3 Å². The summed E-state index contributed by atoms with van der Waals surface area (Å²) in [5.74, 6) is -3.21. The zero-order valence-electron chi connectivity index (χ0n) is 10.4. The molecule has 0 radical (unpaired) electrons. The molecule has 0 spiro atoms. The first-order chi connectivity index (χ1) is 8.96. The van der Waals surface area contributed by atoms with Gasteiger partial charge in [-0.15, -0.1) is 0 Å². The van der Waals surface area contributed by atoms with Gasteiger partial charge in [-0.3, -0.25) is 0 Å². The van der Waals surface area contributed by atoms with Crippen LogP contribution in [0.25, 0.3) is 0 Å². The van der Waals surface area contributed by atoms with Gasteiger partial charge in [0, 0.05) is 0 Å². The van der Waals surface area contributed by atoms with Gasteiger partial charge in [0.05, 0.1) is 0 Å². The number of amides is 1. The molecule has 1 atom stereocenters. The molecule has 19 heavy (non-hydrogen) atoms. The predicted octanol–water partition coefficient (Wildman–Crippen LogP) is 1.34. The third-order valence-corrected chi connectivity index (χ3v) is 7.81. The molecule has 1 aliphatic heterocycles. The van der Waals surface area contributed by atoms with E-state index in [1.54, 1.807) is 18.5 Å². The molecule has 3 nitrogen and oxygen atoms in total. The van der Waals surface area contributed by atoms with Crippen LogP contribution in [0.5, 0.6) is 0 Å². The maximum atomic E-state index is 12.7. The Morgan fingerprint density at radius 3 is 3.00 bits per heavy atom. The van der Waals surface area contributed by atoms with Crippen LogP contribution < -0.4 is 5.32 Å². The molecule has 1 aromatic rings. The number of nitrogens with one attached hydrogen (secondary N) is 1. The van der Waals surface area contributed by atoms with Crippen molar-refractivity contribution in [2.45, 2.75) is 16.5 Å². The van der Waals surface area contributed by atoms with Crippen LogP contribution in [0.15, 0.2) is 36.7 Å². The molecule has 98 valence electrons. The molecular formula is C13H13F2InN2O. The van der Waals surface area contributed by atoms with Crippen molar-refractivity contribution in [2.24, 2.45) is 0 Å². The molecule has 0 saturated heterocycles. The van der Waals surface area contributed by atoms with Crippen LogP contribution in [-0.2, 0) is 4.79 Å². The topological polar surface area (TPSA) is 42.0 Å². The van der Waals surface area contributed by atoms with Crippen molar-refractivity contribution in [3.05, 3.63) is 42.2 Å². The van der Waals surface area contributed by atoms with Gasteiger partial charge in [-0.25, -0.2) is 0 Å². The minimum absolute atomic E-state index is 0.284. The average Bonchev–Trinajstić information content (AvgIpc) is 2.86. The van der Waals surface area contributed by atoms with Gasteiger partial charge in [0.2, 0.25) is 0 Å². The number of pyridine rings is 1. The Morgan fingerprint density at radius 1 is 1.58 bits per heavy atom. The van der Waals surface area contributed by atoms with Gasteiger partial charge in [-0.05, 0) is 0 Å². The number of allylic oxidation sites excluding steroid dienone is 1. The van der Waals surface area contributed by atoms with Gasteiger partial charge in [0.25, 0.3) is 0 Å². The van der Waals surface area contributed by atoms with E-state index in [2.05, 4.69) is 10.3 Å². The van der Waals surface area contributed by atoms with Crippen LogP contribution in [0.1, 0.15) is 16.2 Å². The van der Waals surface area contributed by atoms with E-state index in [0.29, 0.717) is 3.26 Å². The van der Waals surface area contributed by atoms with Crippen molar-refractivity contribution in [2.75, 3.05) is 6.54 Å². The first-order valence-corrected chi connectivity index (χ1v) is 9.47. The van der Waals surface area contributed by atoms with Crippen LogP contribution in [0.3, 0.4) is 0 Å². The Bertz CT molecular complexity index is 523. The molecule has 1 unspecified atom stereocenters. The number of hydrogen-bond acceptors (Lipinski definition) is 2. The molecule has 0 bridgehead atoms. The summed E-state index contributed by atoms with van der Waals surface area (Å²) in [5, 5.41) is 2.29. The van der Waals surface area contributed by atoms with E-state index < -0.39 is 34.9 Å². The number of nitrogens with zero attached hydrogens (tertiary/aromatic N) is 1. The summed E-state index contributed by atoms with van der Waals surface area (Å²) in [7, 11) is 0. The standard InChI is InChI=1S/C13H13F2N2O.In/c1-13(14,15)10-17-12(18)7-3-2-5-11-6-4-8-16-9-11;/h2-6,8-9H,10H2,1H3,(H,17,18);. The second-order valence-electron chi connectivity index (χ2n) is 4.55. The summed E-state index contributed by atoms with van der Waals surface area (Å²) in [6.45, 7) is 0.186. The van der Waals surface area contributed by atoms with Gasteiger partial charge in [-0.2, -0.15) is 0 Å². The van der Waals surface area contributed by atoms with Crippen LogP contribution >= 0.6 is 0 Å². The van der Waals surface area contributed by atoms with Crippen molar-refractivity contribution in [1.29, 1.82) is 0 Å². The molecule has 6 heteroatoms. The van der Waals surface area contributed by atoms with Gasteiger partial charge in [0.1, 0.15) is 0 Å². The van der Waals surface area contributed by atoms with Crippen molar-refractivity contribution < 1.29 is 13.6 Å². The number of hydrogen-bond donors (Lipinski definition) is 1. The Balaban J connectivity index is 2.00. The molecule has 0 aliphatic carbocycles. The normalized spacial score (nSPS) is 17.8. The van der Waals surface area contributed by atoms with Crippen LogP contribution in [0, 0.1) is 0 Å². The van der Waals surface area contributed by atoms with Crippen LogP contribution in [-0.4, -0.2) is 49.0 Å². The van der Waals surface area contributed by atoms with E-state index in [4.69, 9.17) is 0 Å². The number of halogens is 2. The molecule has 1 N–H and O–H groups in total. The summed E-state index contributed by atoms with van der Waals surface area (Å²) < 4.78 is 26.4. The summed E-state index contributed by atoms with van der Waals surface area (Å²) in [4.78, 5) is 15.8. The number of carbonyl (C=O) groups excluding carboxylic acids is 1. The average molecular weight is 366 g/mol.